The molecule has 0 N–H and O–H groups in total. The monoisotopic (exact) mass is 396 g/mol. The van der Waals surface area contributed by atoms with Crippen LogP contribution in [0, 0.1) is 0 Å². The van der Waals surface area contributed by atoms with Crippen LogP contribution < -0.4 is 14.4 Å². The van der Waals surface area contributed by atoms with E-state index in [9.17, 15) is 4.79 Å². The molecule has 1 amide bonds. The van der Waals surface area contributed by atoms with E-state index in [2.05, 4.69) is 4.98 Å². The molecule has 7 heteroatoms. The van der Waals surface area contributed by atoms with Gasteiger partial charge < -0.3 is 18.8 Å². The first-order valence-corrected chi connectivity index (χ1v) is 8.88. The van der Waals surface area contributed by atoms with E-state index in [-0.39, 0.29) is 11.7 Å². The predicted octanol–water partition coefficient (Wildman–Crippen LogP) is 4.93. The molecule has 142 valence electrons. The molecule has 0 fully saturated rings. The highest BCUT2D eigenvalue weighted by atomic mass is 35.5. The molecule has 6 nitrogen and oxygen atoms in total. The van der Waals surface area contributed by atoms with Crippen molar-refractivity contribution in [1.29, 1.82) is 0 Å². The molecule has 2 aromatic heterocycles. The average Bonchev–Trinajstić information content (AvgIpc) is 3.13. The van der Waals surface area contributed by atoms with Crippen molar-refractivity contribution in [2.24, 2.45) is 0 Å². The molecule has 0 saturated heterocycles. The maximum Gasteiger partial charge on any atom is 0.293 e. The van der Waals surface area contributed by atoms with E-state index in [1.54, 1.807) is 38.4 Å². The third kappa shape index (κ3) is 3.12. The van der Waals surface area contributed by atoms with Crippen molar-refractivity contribution < 1.29 is 18.7 Å². The maximum atomic E-state index is 13.0. The Labute approximate surface area is 166 Å². The van der Waals surface area contributed by atoms with Crippen LogP contribution in [0.15, 0.2) is 52.9 Å². The Kier molecular flexibility index (Phi) is 4.57. The summed E-state index contributed by atoms with van der Waals surface area (Å²) in [6.07, 6.45) is 0. The van der Waals surface area contributed by atoms with Gasteiger partial charge in [-0.1, -0.05) is 11.6 Å². The smallest absolute Gasteiger partial charge is 0.293 e. The molecule has 0 atom stereocenters. The quantitative estimate of drug-likeness (QED) is 0.489. The number of nitrogens with zero attached hydrogens (tertiary/aromatic N) is 2. The third-order valence-corrected chi connectivity index (χ3v) is 4.76. The highest BCUT2D eigenvalue weighted by Crippen LogP contribution is 2.32. The lowest BCUT2D eigenvalue weighted by Crippen LogP contribution is -2.26. The van der Waals surface area contributed by atoms with Gasteiger partial charge in [-0.05, 0) is 42.5 Å². The Morgan fingerprint density at radius 3 is 2.61 bits per heavy atom. The zero-order chi connectivity index (χ0) is 19.8. The highest BCUT2D eigenvalue weighted by molar-refractivity contribution is 6.31. The topological polar surface area (TPSA) is 64.8 Å². The van der Waals surface area contributed by atoms with Crippen LogP contribution in [0.4, 0.5) is 5.69 Å². The standard InChI is InChI=1S/C21H17ClN2O4/c1-24(17-10-14(22)5-7-18(17)27-3)21(25)19-9-13-8-12-4-6-15(26-2)11-16(12)23-20(13)28-19/h4-11H,1-3H3. The van der Waals surface area contributed by atoms with Gasteiger partial charge in [0.2, 0.25) is 5.71 Å². The summed E-state index contributed by atoms with van der Waals surface area (Å²) < 4.78 is 16.3. The van der Waals surface area contributed by atoms with Gasteiger partial charge in [0, 0.05) is 28.9 Å². The number of anilines is 1. The number of benzene rings is 2. The Hall–Kier alpha value is -3.25. The summed E-state index contributed by atoms with van der Waals surface area (Å²) in [6.45, 7) is 0. The molecule has 4 aromatic rings. The van der Waals surface area contributed by atoms with E-state index >= 15 is 0 Å². The Morgan fingerprint density at radius 1 is 1.04 bits per heavy atom. The highest BCUT2D eigenvalue weighted by Gasteiger charge is 2.21. The molecule has 28 heavy (non-hydrogen) atoms. The Morgan fingerprint density at radius 2 is 1.86 bits per heavy atom. The number of pyridine rings is 1. The first-order chi connectivity index (χ1) is 13.5. The van der Waals surface area contributed by atoms with Crippen molar-refractivity contribution in [3.63, 3.8) is 0 Å². The number of amides is 1. The number of hydrogen-bond acceptors (Lipinski definition) is 5. The molecule has 0 aliphatic carbocycles. The van der Waals surface area contributed by atoms with Gasteiger partial charge in [0.25, 0.3) is 5.91 Å². The maximum absolute atomic E-state index is 13.0. The molecule has 0 radical (unpaired) electrons. The largest absolute Gasteiger partial charge is 0.497 e. The van der Waals surface area contributed by atoms with E-state index in [0.717, 1.165) is 16.3 Å². The molecule has 0 unspecified atom stereocenters. The van der Waals surface area contributed by atoms with Crippen molar-refractivity contribution in [2.45, 2.75) is 0 Å². The van der Waals surface area contributed by atoms with Gasteiger partial charge >= 0.3 is 0 Å². The first-order valence-electron chi connectivity index (χ1n) is 8.50. The van der Waals surface area contributed by atoms with Gasteiger partial charge in [-0.25, -0.2) is 4.98 Å². The minimum Gasteiger partial charge on any atom is -0.497 e. The van der Waals surface area contributed by atoms with E-state index in [0.29, 0.717) is 27.9 Å². The lowest BCUT2D eigenvalue weighted by Gasteiger charge is -2.19. The number of fused-ring (bicyclic) bond motifs is 2. The summed E-state index contributed by atoms with van der Waals surface area (Å²) in [4.78, 5) is 18.9. The van der Waals surface area contributed by atoms with Crippen LogP contribution in [0.2, 0.25) is 5.02 Å². The molecule has 4 rings (SSSR count). The normalized spacial score (nSPS) is 11.0. The molecular weight excluding hydrogens is 380 g/mol. The SMILES string of the molecule is COc1ccc2cc3cc(C(=O)N(C)c4cc(Cl)ccc4OC)oc3nc2c1. The number of methoxy groups -OCH3 is 2. The van der Waals surface area contributed by atoms with Crippen molar-refractivity contribution in [1.82, 2.24) is 4.98 Å². The van der Waals surface area contributed by atoms with Gasteiger partial charge in [-0.2, -0.15) is 0 Å². The van der Waals surface area contributed by atoms with E-state index < -0.39 is 0 Å². The van der Waals surface area contributed by atoms with Crippen LogP contribution >= 0.6 is 11.6 Å². The second-order valence-electron chi connectivity index (χ2n) is 6.23. The van der Waals surface area contributed by atoms with Crippen molar-refractivity contribution in [3.8, 4) is 11.5 Å². The zero-order valence-electron chi connectivity index (χ0n) is 15.5. The fourth-order valence-corrected chi connectivity index (χ4v) is 3.20. The minimum atomic E-state index is -0.333. The summed E-state index contributed by atoms with van der Waals surface area (Å²) in [7, 11) is 4.78. The van der Waals surface area contributed by atoms with Gasteiger partial charge in [0.05, 0.1) is 25.4 Å². The predicted molar refractivity (Wildman–Crippen MR) is 109 cm³/mol. The lowest BCUT2D eigenvalue weighted by atomic mass is 10.2. The number of furan rings is 1. The molecule has 0 saturated carbocycles. The second kappa shape index (κ2) is 7.05. The first kappa shape index (κ1) is 18.1. The van der Waals surface area contributed by atoms with Crippen LogP contribution in [-0.2, 0) is 0 Å². The summed E-state index contributed by atoms with van der Waals surface area (Å²) in [6, 6.07) is 14.3. The van der Waals surface area contributed by atoms with Crippen molar-refractivity contribution >= 4 is 45.2 Å². The Balaban J connectivity index is 1.75. The second-order valence-corrected chi connectivity index (χ2v) is 6.67. The van der Waals surface area contributed by atoms with Crippen molar-refractivity contribution in [2.75, 3.05) is 26.2 Å². The molecule has 2 aromatic carbocycles. The summed E-state index contributed by atoms with van der Waals surface area (Å²) in [5, 5.41) is 2.17. The minimum absolute atomic E-state index is 0.175. The Bertz CT molecular complexity index is 1200. The van der Waals surface area contributed by atoms with Crippen LogP contribution in [0.3, 0.4) is 0 Å². The van der Waals surface area contributed by atoms with Crippen LogP contribution in [-0.4, -0.2) is 32.2 Å². The third-order valence-electron chi connectivity index (χ3n) is 4.53. The number of hydrogen-bond donors (Lipinski definition) is 0. The van der Waals surface area contributed by atoms with Gasteiger partial charge in [0.15, 0.2) is 5.76 Å². The molecular formula is C21H17ClN2O4. The van der Waals surface area contributed by atoms with Gasteiger partial charge in [0.1, 0.15) is 11.5 Å². The van der Waals surface area contributed by atoms with E-state index in [4.69, 9.17) is 25.5 Å². The molecule has 0 aliphatic heterocycles. The molecule has 0 spiro atoms. The summed E-state index contributed by atoms with van der Waals surface area (Å²) >= 11 is 6.08. The lowest BCUT2D eigenvalue weighted by molar-refractivity contribution is 0.0967. The zero-order valence-corrected chi connectivity index (χ0v) is 16.3. The number of ether oxygens (including phenoxy) is 2. The fourth-order valence-electron chi connectivity index (χ4n) is 3.04. The number of carbonyl (C=O) groups excluding carboxylic acids is 1. The van der Waals surface area contributed by atoms with Gasteiger partial charge in [-0.15, -0.1) is 0 Å². The number of halogens is 1. The van der Waals surface area contributed by atoms with Crippen LogP contribution in [0.1, 0.15) is 10.6 Å². The summed E-state index contributed by atoms with van der Waals surface area (Å²) in [5.74, 6) is 1.08. The average molecular weight is 397 g/mol. The number of carbonyl (C=O) groups is 1. The fraction of sp³-hybridized carbons (Fsp3) is 0.143. The number of aromatic nitrogens is 1. The van der Waals surface area contributed by atoms with Crippen LogP contribution in [0.25, 0.3) is 22.0 Å². The van der Waals surface area contributed by atoms with E-state index in [1.807, 2.05) is 24.3 Å². The number of rotatable bonds is 4. The van der Waals surface area contributed by atoms with Crippen LogP contribution in [0.5, 0.6) is 11.5 Å². The molecule has 0 aliphatic rings. The van der Waals surface area contributed by atoms with E-state index in [1.165, 1.54) is 12.0 Å². The molecule has 2 heterocycles. The van der Waals surface area contributed by atoms with Gasteiger partial charge in [-0.3, -0.25) is 4.79 Å². The van der Waals surface area contributed by atoms with Crippen molar-refractivity contribution in [3.05, 3.63) is 59.3 Å². The summed E-state index contributed by atoms with van der Waals surface area (Å²) in [5.41, 5.74) is 1.66. The molecule has 0 bridgehead atoms.